The maximum Gasteiger partial charge on any atom is 0.254 e. The molecule has 4 fully saturated rings. The Labute approximate surface area is 252 Å². The molecule has 11 atom stereocenters. The van der Waals surface area contributed by atoms with Gasteiger partial charge in [0.15, 0.2) is 11.9 Å². The maximum atomic E-state index is 13.0. The number of carbonyl (C=O) groups is 1. The van der Waals surface area contributed by atoms with Gasteiger partial charge in [0.05, 0.1) is 31.3 Å². The summed E-state index contributed by atoms with van der Waals surface area (Å²) in [6.07, 6.45) is -0.899. The minimum Gasteiger partial charge on any atom is -0.492 e. The van der Waals surface area contributed by atoms with E-state index in [1.54, 1.807) is 7.05 Å². The molecule has 0 bridgehead atoms. The molecular formula is C28H51N7O8. The van der Waals surface area contributed by atoms with Crippen molar-refractivity contribution in [1.82, 2.24) is 21.3 Å². The van der Waals surface area contributed by atoms with Crippen molar-refractivity contribution < 1.29 is 39.4 Å². The van der Waals surface area contributed by atoms with E-state index in [1.165, 1.54) is 6.92 Å². The molecule has 5 aliphatic rings. The summed E-state index contributed by atoms with van der Waals surface area (Å²) in [6, 6.07) is -2.42. The summed E-state index contributed by atoms with van der Waals surface area (Å²) in [4.78, 5) is 13.0. The number of hydrogen-bond acceptors (Lipinski definition) is 14. The van der Waals surface area contributed by atoms with Crippen LogP contribution in [-0.2, 0) is 19.0 Å². The summed E-state index contributed by atoms with van der Waals surface area (Å²) in [5.74, 6) is -0.0299. The Morgan fingerprint density at radius 2 is 1.86 bits per heavy atom. The summed E-state index contributed by atoms with van der Waals surface area (Å²) in [6.45, 7) is 2.93. The van der Waals surface area contributed by atoms with Crippen LogP contribution in [0.5, 0.6) is 0 Å². The largest absolute Gasteiger partial charge is 0.492 e. The summed E-state index contributed by atoms with van der Waals surface area (Å²) in [5, 5.41) is 56.2. The van der Waals surface area contributed by atoms with Gasteiger partial charge in [-0.1, -0.05) is 0 Å². The fourth-order valence-corrected chi connectivity index (χ4v) is 7.14. The molecule has 3 aliphatic heterocycles. The van der Waals surface area contributed by atoms with E-state index in [1.807, 2.05) is 6.08 Å². The zero-order valence-corrected chi connectivity index (χ0v) is 25.0. The average Bonchev–Trinajstić information content (AvgIpc) is 2.91. The van der Waals surface area contributed by atoms with Crippen molar-refractivity contribution in [2.24, 2.45) is 29.0 Å². The minimum atomic E-state index is -1.58. The Hall–Kier alpha value is -1.47. The van der Waals surface area contributed by atoms with Gasteiger partial charge in [-0.2, -0.15) is 0 Å². The molecule has 0 aromatic heterocycles. The highest BCUT2D eigenvalue weighted by Crippen LogP contribution is 2.37. The number of aliphatic hydroxyl groups excluding tert-OH is 2. The highest BCUT2D eigenvalue weighted by molar-refractivity contribution is 5.87. The van der Waals surface area contributed by atoms with E-state index >= 15 is 0 Å². The molecule has 5 rings (SSSR count). The van der Waals surface area contributed by atoms with E-state index in [4.69, 9.17) is 31.4 Å². The summed E-state index contributed by atoms with van der Waals surface area (Å²) < 4.78 is 18.3. The number of β-amino-alcohol motifs (C(OH)–C–C–N with tert-alkyl or cyclic N) is 1. The first-order chi connectivity index (χ1) is 20.3. The predicted molar refractivity (Wildman–Crippen MR) is 155 cm³/mol. The molecule has 0 aromatic rings. The first kappa shape index (κ1) is 32.9. The van der Waals surface area contributed by atoms with Gasteiger partial charge in [0.25, 0.3) is 5.91 Å². The first-order valence-electron chi connectivity index (χ1n) is 15.4. The normalized spacial score (nSPS) is 46.1. The molecule has 246 valence electrons. The van der Waals surface area contributed by atoms with Crippen LogP contribution in [0.1, 0.15) is 32.6 Å². The van der Waals surface area contributed by atoms with Gasteiger partial charge in [-0.25, -0.2) is 0 Å². The van der Waals surface area contributed by atoms with Crippen molar-refractivity contribution in [2.75, 3.05) is 39.8 Å². The van der Waals surface area contributed by atoms with E-state index in [9.17, 15) is 25.2 Å². The van der Waals surface area contributed by atoms with Crippen molar-refractivity contribution in [3.05, 3.63) is 11.8 Å². The molecule has 14 N–H and O–H groups in total. The van der Waals surface area contributed by atoms with E-state index in [0.717, 1.165) is 19.4 Å². The number of likely N-dealkylation sites (N-methyl/N-ethyl adjacent to an activating group) is 1. The second kappa shape index (κ2) is 13.1. The number of nitrogens with two attached hydrogens (primary N) is 3. The second-order valence-electron chi connectivity index (χ2n) is 13.5. The smallest absolute Gasteiger partial charge is 0.254 e. The molecule has 0 spiro atoms. The third-order valence-corrected chi connectivity index (χ3v) is 9.87. The van der Waals surface area contributed by atoms with Gasteiger partial charge in [-0.3, -0.25) is 4.79 Å². The second-order valence-corrected chi connectivity index (χ2v) is 13.5. The maximum absolute atomic E-state index is 13.0. The van der Waals surface area contributed by atoms with Gasteiger partial charge < -0.3 is 73.1 Å². The summed E-state index contributed by atoms with van der Waals surface area (Å²) in [5.41, 5.74) is 16.1. The summed E-state index contributed by atoms with van der Waals surface area (Å²) in [7, 11) is 1.61. The van der Waals surface area contributed by atoms with Crippen LogP contribution in [0.2, 0.25) is 0 Å². The lowest BCUT2D eigenvalue weighted by Gasteiger charge is -2.51. The Kier molecular flexibility index (Phi) is 10.0. The number of nitrogens with one attached hydrogen (secondary N) is 4. The van der Waals surface area contributed by atoms with Crippen LogP contribution in [0.4, 0.5) is 0 Å². The number of amides is 1. The fraction of sp³-hybridized carbons (Fsp3) is 0.893. The molecule has 0 radical (unpaired) electrons. The van der Waals surface area contributed by atoms with Crippen LogP contribution in [0.3, 0.4) is 0 Å². The van der Waals surface area contributed by atoms with E-state index in [0.29, 0.717) is 24.6 Å². The molecule has 43 heavy (non-hydrogen) atoms. The quantitative estimate of drug-likeness (QED) is 0.111. The number of rotatable bonds is 10. The number of hydrogen-bond donors (Lipinski definition) is 11. The van der Waals surface area contributed by atoms with Crippen molar-refractivity contribution in [1.29, 1.82) is 0 Å². The molecule has 2 saturated heterocycles. The van der Waals surface area contributed by atoms with Crippen LogP contribution in [-0.4, -0.2) is 138 Å². The van der Waals surface area contributed by atoms with E-state index in [-0.39, 0.29) is 32.2 Å². The number of ether oxygens (including phenoxy) is 3. The predicted octanol–water partition coefficient (Wildman–Crippen LogP) is -4.72. The van der Waals surface area contributed by atoms with Crippen LogP contribution in [0.25, 0.3) is 0 Å². The molecule has 1 unspecified atom stereocenters. The Bertz CT molecular complexity index is 1010. The fourth-order valence-electron chi connectivity index (χ4n) is 7.14. The van der Waals surface area contributed by atoms with Gasteiger partial charge in [0.2, 0.25) is 0 Å². The summed E-state index contributed by atoms with van der Waals surface area (Å²) >= 11 is 0. The lowest BCUT2D eigenvalue weighted by atomic mass is 9.72. The topological polar surface area (TPSA) is 252 Å². The van der Waals surface area contributed by atoms with Crippen molar-refractivity contribution in [3.8, 4) is 0 Å². The third kappa shape index (κ3) is 6.88. The van der Waals surface area contributed by atoms with Crippen molar-refractivity contribution >= 4 is 5.91 Å². The SMILES string of the molecule is CN[C@@H]1[C@@H](O)[C@@H](O[C@@H]2[C@@H](O)[C@H](C3OC(CNCC4CC(N)C4)=CC[C@H]3N)[C@@H](N)C[C@H]2NC(=O)C2(O)CNC2)OC[C@]1(C)O. The van der Waals surface area contributed by atoms with Gasteiger partial charge >= 0.3 is 0 Å². The Morgan fingerprint density at radius 1 is 1.14 bits per heavy atom. The lowest BCUT2D eigenvalue weighted by Crippen LogP contribution is -2.72. The zero-order chi connectivity index (χ0) is 31.1. The molecule has 0 aromatic carbocycles. The molecule has 15 heteroatoms. The van der Waals surface area contributed by atoms with Crippen LogP contribution in [0.15, 0.2) is 11.8 Å². The molecule has 2 saturated carbocycles. The lowest BCUT2D eigenvalue weighted by molar-refractivity contribution is -0.297. The van der Waals surface area contributed by atoms with Crippen LogP contribution < -0.4 is 38.5 Å². The first-order valence-corrected chi connectivity index (χ1v) is 15.4. The minimum absolute atomic E-state index is 0.0964. The molecule has 3 heterocycles. The molecule has 2 aliphatic carbocycles. The van der Waals surface area contributed by atoms with Gasteiger partial charge in [-0.15, -0.1) is 0 Å². The monoisotopic (exact) mass is 613 g/mol. The van der Waals surface area contributed by atoms with E-state index < -0.39 is 77.9 Å². The standard InChI is InChI=1S/C28H51N7O8/c1-27(39)12-41-25(21(37)24(27)32-2)43-23-18(35-26(38)28(40)10-34-11-28)7-17(31)19(20(23)36)22-16(30)4-3-15(42-22)9-33-8-13-5-14(29)6-13/h3,13-14,16-25,32-34,36-37,39-40H,4-12,29-31H2,1-2H3,(H,35,38)/t13?,14?,16-,17+,18-,19-,20+,21-,22?,23+,24-,25-,27+/m1/s1. The third-order valence-electron chi connectivity index (χ3n) is 9.87. The average molecular weight is 614 g/mol. The van der Waals surface area contributed by atoms with E-state index in [2.05, 4.69) is 21.3 Å². The van der Waals surface area contributed by atoms with Crippen molar-refractivity contribution in [3.63, 3.8) is 0 Å². The van der Waals surface area contributed by atoms with Crippen molar-refractivity contribution in [2.45, 2.75) is 105 Å². The molecular weight excluding hydrogens is 562 g/mol. The van der Waals surface area contributed by atoms with Gasteiger partial charge in [0.1, 0.15) is 29.7 Å². The highest BCUT2D eigenvalue weighted by Gasteiger charge is 2.54. The Balaban J connectivity index is 1.31. The molecule has 15 nitrogen and oxygen atoms in total. The van der Waals surface area contributed by atoms with Crippen LogP contribution >= 0.6 is 0 Å². The number of aliphatic hydroxyl groups is 4. The van der Waals surface area contributed by atoms with Gasteiger partial charge in [-0.05, 0) is 58.2 Å². The van der Waals surface area contributed by atoms with Gasteiger partial charge in [0, 0.05) is 37.1 Å². The zero-order valence-electron chi connectivity index (χ0n) is 25.0. The molecule has 1 amide bonds. The number of carbonyl (C=O) groups excluding carboxylic acids is 1. The highest BCUT2D eigenvalue weighted by atomic mass is 16.7. The van der Waals surface area contributed by atoms with Crippen LogP contribution in [0, 0.1) is 11.8 Å². The Morgan fingerprint density at radius 3 is 2.49 bits per heavy atom.